The van der Waals surface area contributed by atoms with Crippen LogP contribution in [0, 0.1) is 0 Å². The van der Waals surface area contributed by atoms with Gasteiger partial charge in [-0.3, -0.25) is 9.59 Å². The molecule has 1 fully saturated rings. The summed E-state index contributed by atoms with van der Waals surface area (Å²) < 4.78 is 42.7. The van der Waals surface area contributed by atoms with E-state index in [1.807, 2.05) is 10.6 Å². The summed E-state index contributed by atoms with van der Waals surface area (Å²) in [4.78, 5) is 27.9. The van der Waals surface area contributed by atoms with Gasteiger partial charge in [0.15, 0.2) is 0 Å². The summed E-state index contributed by atoms with van der Waals surface area (Å²) in [5, 5.41) is 6.69. The number of nitrogens with zero attached hydrogens (tertiary/aromatic N) is 2. The fourth-order valence-corrected chi connectivity index (χ4v) is 5.65. The molecule has 37 heavy (non-hydrogen) atoms. The number of alkyl halides is 3. The standard InChI is InChI=1S/C26H26ClF3N4O2S/c1-15(35)31-19-5-3-4-16(12-19)25(36)32-18-7-9-20(10-8-18)34(37-2)23-14-24(26(28,29)30)33-22-11-6-17(27)13-21(22)23/h3-6,11-14,18,20H,7-10H2,1-2H3,(H,31,35)(H,32,36). The van der Waals surface area contributed by atoms with Gasteiger partial charge in [0, 0.05) is 46.9 Å². The molecule has 11 heteroatoms. The van der Waals surface area contributed by atoms with E-state index < -0.39 is 11.9 Å². The highest BCUT2D eigenvalue weighted by molar-refractivity contribution is 8.00. The number of carbonyl (C=O) groups excluding carboxylic acids is 2. The molecule has 0 spiro atoms. The quantitative estimate of drug-likeness (QED) is 0.334. The van der Waals surface area contributed by atoms with Crippen molar-refractivity contribution >= 4 is 57.6 Å². The molecule has 1 aliphatic carbocycles. The van der Waals surface area contributed by atoms with Gasteiger partial charge in [0.1, 0.15) is 5.69 Å². The Morgan fingerprint density at radius 3 is 2.46 bits per heavy atom. The largest absolute Gasteiger partial charge is 0.433 e. The molecule has 0 atom stereocenters. The Morgan fingerprint density at radius 2 is 1.81 bits per heavy atom. The van der Waals surface area contributed by atoms with Gasteiger partial charge in [-0.05, 0) is 68.1 Å². The van der Waals surface area contributed by atoms with E-state index in [0.717, 1.165) is 6.07 Å². The van der Waals surface area contributed by atoms with Crippen molar-refractivity contribution in [2.75, 3.05) is 15.9 Å². The monoisotopic (exact) mass is 550 g/mol. The Hall–Kier alpha value is -2.98. The van der Waals surface area contributed by atoms with Gasteiger partial charge in [0.25, 0.3) is 5.91 Å². The minimum atomic E-state index is -4.58. The van der Waals surface area contributed by atoms with E-state index in [-0.39, 0.29) is 29.4 Å². The van der Waals surface area contributed by atoms with E-state index >= 15 is 0 Å². The second-order valence-electron chi connectivity index (χ2n) is 8.94. The minimum absolute atomic E-state index is 0.0306. The summed E-state index contributed by atoms with van der Waals surface area (Å²) in [7, 11) is 0. The van der Waals surface area contributed by atoms with Crippen molar-refractivity contribution < 1.29 is 22.8 Å². The number of aromatic nitrogens is 1. The smallest absolute Gasteiger partial charge is 0.349 e. The molecule has 2 aromatic carbocycles. The molecule has 1 aliphatic rings. The van der Waals surface area contributed by atoms with Gasteiger partial charge in [0.05, 0.1) is 11.2 Å². The highest BCUT2D eigenvalue weighted by atomic mass is 35.5. The zero-order valence-corrected chi connectivity index (χ0v) is 21.8. The number of amides is 2. The van der Waals surface area contributed by atoms with E-state index in [9.17, 15) is 22.8 Å². The van der Waals surface area contributed by atoms with Crippen molar-refractivity contribution in [1.29, 1.82) is 0 Å². The van der Waals surface area contributed by atoms with Gasteiger partial charge in [-0.2, -0.15) is 13.2 Å². The van der Waals surface area contributed by atoms with Crippen molar-refractivity contribution in [3.63, 3.8) is 0 Å². The third-order valence-electron chi connectivity index (χ3n) is 6.28. The number of nitrogens with one attached hydrogen (secondary N) is 2. The first-order chi connectivity index (χ1) is 17.5. The van der Waals surface area contributed by atoms with Crippen LogP contribution in [-0.2, 0) is 11.0 Å². The van der Waals surface area contributed by atoms with E-state index in [1.54, 1.807) is 30.3 Å². The summed E-state index contributed by atoms with van der Waals surface area (Å²) >= 11 is 7.53. The van der Waals surface area contributed by atoms with Crippen molar-refractivity contribution in [1.82, 2.24) is 10.3 Å². The predicted molar refractivity (Wildman–Crippen MR) is 142 cm³/mol. The van der Waals surface area contributed by atoms with Crippen molar-refractivity contribution in [3.8, 4) is 0 Å². The minimum Gasteiger partial charge on any atom is -0.349 e. The summed E-state index contributed by atoms with van der Waals surface area (Å²) in [5.41, 5.74) is 0.699. The highest BCUT2D eigenvalue weighted by Crippen LogP contribution is 2.40. The third kappa shape index (κ3) is 6.48. The molecule has 0 aliphatic heterocycles. The van der Waals surface area contributed by atoms with Crippen molar-refractivity contribution in [3.05, 3.63) is 64.8 Å². The Bertz CT molecular complexity index is 1310. The molecule has 1 aromatic heterocycles. The van der Waals surface area contributed by atoms with Crippen LogP contribution in [0.25, 0.3) is 10.9 Å². The first-order valence-corrected chi connectivity index (χ1v) is 13.3. The average Bonchev–Trinajstić information content (AvgIpc) is 2.84. The number of carbonyl (C=O) groups is 2. The molecule has 0 radical (unpaired) electrons. The molecule has 1 heterocycles. The fraction of sp³-hybridized carbons (Fsp3) is 0.346. The highest BCUT2D eigenvalue weighted by Gasteiger charge is 2.35. The normalized spacial score (nSPS) is 17.9. The zero-order valence-electron chi connectivity index (χ0n) is 20.2. The van der Waals surface area contributed by atoms with Crippen LogP contribution in [0.1, 0.15) is 48.7 Å². The van der Waals surface area contributed by atoms with Crippen molar-refractivity contribution in [2.45, 2.75) is 50.9 Å². The second-order valence-corrected chi connectivity index (χ2v) is 10.1. The molecule has 0 saturated heterocycles. The third-order valence-corrected chi connectivity index (χ3v) is 7.41. The van der Waals surface area contributed by atoms with E-state index in [2.05, 4.69) is 15.6 Å². The molecule has 1 saturated carbocycles. The van der Waals surface area contributed by atoms with Crippen molar-refractivity contribution in [2.24, 2.45) is 0 Å². The SMILES string of the molecule is CSN(c1cc(C(F)(F)F)nc2ccc(Cl)cc12)C1CCC(NC(=O)c2cccc(NC(C)=O)c2)CC1. The predicted octanol–water partition coefficient (Wildman–Crippen LogP) is 6.69. The Labute approximate surface area is 222 Å². The van der Waals surface area contributed by atoms with Gasteiger partial charge in [-0.1, -0.05) is 29.6 Å². The molecule has 2 amide bonds. The number of anilines is 2. The van der Waals surface area contributed by atoms with Crippen LogP contribution in [0.2, 0.25) is 5.02 Å². The van der Waals surface area contributed by atoms with Crippen LogP contribution >= 0.6 is 23.5 Å². The van der Waals surface area contributed by atoms with Crippen LogP contribution in [0.5, 0.6) is 0 Å². The molecule has 3 aromatic rings. The number of hydrogen-bond donors (Lipinski definition) is 2. The lowest BCUT2D eigenvalue weighted by atomic mass is 9.90. The molecule has 6 nitrogen and oxygen atoms in total. The molecule has 196 valence electrons. The van der Waals surface area contributed by atoms with Crippen LogP contribution < -0.4 is 14.9 Å². The topological polar surface area (TPSA) is 74.3 Å². The molecule has 0 bridgehead atoms. The maximum atomic E-state index is 13.6. The first-order valence-electron chi connectivity index (χ1n) is 11.7. The fourth-order valence-electron chi connectivity index (χ4n) is 4.62. The van der Waals surface area contributed by atoms with Gasteiger partial charge in [-0.15, -0.1) is 0 Å². The summed E-state index contributed by atoms with van der Waals surface area (Å²) in [5.74, 6) is -0.456. The van der Waals surface area contributed by atoms with Gasteiger partial charge in [0.2, 0.25) is 5.91 Å². The Kier molecular flexibility index (Phi) is 8.18. The molecule has 2 N–H and O–H groups in total. The van der Waals surface area contributed by atoms with E-state index in [4.69, 9.17) is 11.6 Å². The molecular weight excluding hydrogens is 525 g/mol. The average molecular weight is 551 g/mol. The van der Waals surface area contributed by atoms with Crippen LogP contribution in [0.15, 0.2) is 48.5 Å². The molecule has 4 rings (SSSR count). The lowest BCUT2D eigenvalue weighted by Crippen LogP contribution is -2.42. The number of fused-ring (bicyclic) bond motifs is 1. The number of pyridine rings is 1. The van der Waals surface area contributed by atoms with Crippen LogP contribution in [0.4, 0.5) is 24.5 Å². The molecule has 0 unspecified atom stereocenters. The van der Waals surface area contributed by atoms with Gasteiger partial charge in [-0.25, -0.2) is 4.98 Å². The first kappa shape index (κ1) is 27.1. The van der Waals surface area contributed by atoms with E-state index in [1.165, 1.54) is 31.0 Å². The van der Waals surface area contributed by atoms with Crippen LogP contribution in [0.3, 0.4) is 0 Å². The number of hydrogen-bond acceptors (Lipinski definition) is 5. The summed E-state index contributed by atoms with van der Waals surface area (Å²) in [6, 6.07) is 12.4. The second kappa shape index (κ2) is 11.2. The number of rotatable bonds is 6. The molecular formula is C26H26ClF3N4O2S. The zero-order chi connectivity index (χ0) is 26.7. The lowest BCUT2D eigenvalue weighted by Gasteiger charge is -2.37. The Morgan fingerprint density at radius 1 is 1.08 bits per heavy atom. The van der Waals surface area contributed by atoms with Crippen LogP contribution in [-0.4, -0.2) is 35.1 Å². The summed E-state index contributed by atoms with van der Waals surface area (Å²) in [6.45, 7) is 1.40. The lowest BCUT2D eigenvalue weighted by molar-refractivity contribution is -0.140. The van der Waals surface area contributed by atoms with Gasteiger partial charge < -0.3 is 14.9 Å². The number of benzene rings is 2. The summed E-state index contributed by atoms with van der Waals surface area (Å²) in [6.07, 6.45) is -0.0255. The maximum Gasteiger partial charge on any atom is 0.433 e. The Balaban J connectivity index is 1.49. The van der Waals surface area contributed by atoms with E-state index in [0.29, 0.717) is 53.0 Å². The number of halogens is 4. The van der Waals surface area contributed by atoms with Gasteiger partial charge >= 0.3 is 6.18 Å². The maximum absolute atomic E-state index is 13.6.